The fraction of sp³-hybridized carbons (Fsp3) is 0. The van der Waals surface area contributed by atoms with Crippen LogP contribution in [0.15, 0.2) is 48.5 Å². The van der Waals surface area contributed by atoms with Crippen molar-refractivity contribution in [1.29, 1.82) is 0 Å². The Hall–Kier alpha value is -3.18. The van der Waals surface area contributed by atoms with Gasteiger partial charge in [0.2, 0.25) is 0 Å². The van der Waals surface area contributed by atoms with Gasteiger partial charge in [0, 0.05) is 33.0 Å². The SMILES string of the molecule is C1=Cc2cc3ccc(cc4nc(cc5ccc(cc1n2)[nH]5)C=C4)[nH]3.[Si]. The van der Waals surface area contributed by atoms with Crippen molar-refractivity contribution < 1.29 is 0 Å². The lowest BCUT2D eigenvalue weighted by molar-refractivity contribution is 1.31. The fourth-order valence-corrected chi connectivity index (χ4v) is 2.94. The Labute approximate surface area is 149 Å². The van der Waals surface area contributed by atoms with Gasteiger partial charge in [0.05, 0.1) is 22.8 Å². The van der Waals surface area contributed by atoms with Crippen molar-refractivity contribution in [2.45, 2.75) is 0 Å². The van der Waals surface area contributed by atoms with Crippen LogP contribution in [-0.2, 0) is 0 Å². The third kappa shape index (κ3) is 3.09. The number of rotatable bonds is 0. The first kappa shape index (κ1) is 15.4. The minimum absolute atomic E-state index is 0. The molecule has 0 spiro atoms. The maximum atomic E-state index is 4.63. The molecule has 2 aliphatic rings. The average molecular weight is 338 g/mol. The molecule has 118 valence electrons. The molecule has 5 heterocycles. The van der Waals surface area contributed by atoms with Crippen LogP contribution < -0.4 is 0 Å². The second-order valence-electron chi connectivity index (χ2n) is 5.91. The van der Waals surface area contributed by atoms with Gasteiger partial charge in [0.25, 0.3) is 0 Å². The lowest BCUT2D eigenvalue weighted by Crippen LogP contribution is -1.75. The quantitative estimate of drug-likeness (QED) is 0.414. The van der Waals surface area contributed by atoms with Gasteiger partial charge in [-0.2, -0.15) is 0 Å². The molecule has 0 amide bonds. The van der Waals surface area contributed by atoms with E-state index in [0.717, 1.165) is 44.8 Å². The lowest BCUT2D eigenvalue weighted by atomic mass is 10.3. The molecule has 0 fully saturated rings. The smallest absolute Gasteiger partial charge is 0.0658 e. The Morgan fingerprint density at radius 1 is 0.480 bits per heavy atom. The number of nitrogens with zero attached hydrogens (tertiary/aromatic N) is 2. The summed E-state index contributed by atoms with van der Waals surface area (Å²) in [5.74, 6) is 0. The van der Waals surface area contributed by atoms with E-state index >= 15 is 0 Å². The first-order valence-corrected chi connectivity index (χ1v) is 7.85. The summed E-state index contributed by atoms with van der Waals surface area (Å²) in [6.07, 6.45) is 8.09. The van der Waals surface area contributed by atoms with Gasteiger partial charge in [0.15, 0.2) is 0 Å². The predicted molar refractivity (Wildman–Crippen MR) is 105 cm³/mol. The molecule has 0 aliphatic carbocycles. The summed E-state index contributed by atoms with van der Waals surface area (Å²) >= 11 is 0. The summed E-state index contributed by atoms with van der Waals surface area (Å²) in [5.41, 5.74) is 7.86. The van der Waals surface area contributed by atoms with Gasteiger partial charge >= 0.3 is 0 Å². The van der Waals surface area contributed by atoms with Gasteiger partial charge in [-0.3, -0.25) is 0 Å². The molecule has 0 saturated carbocycles. The van der Waals surface area contributed by atoms with Crippen molar-refractivity contribution in [2.24, 2.45) is 0 Å². The normalized spacial score (nSPS) is 12.2. The van der Waals surface area contributed by atoms with Crippen LogP contribution in [0.5, 0.6) is 0 Å². The van der Waals surface area contributed by atoms with Gasteiger partial charge in [-0.15, -0.1) is 0 Å². The Morgan fingerprint density at radius 2 is 0.760 bits per heavy atom. The van der Waals surface area contributed by atoms with Gasteiger partial charge < -0.3 is 9.97 Å². The molecule has 4 nitrogen and oxygen atoms in total. The molecule has 8 bridgehead atoms. The van der Waals surface area contributed by atoms with Crippen molar-refractivity contribution in [3.8, 4) is 0 Å². The molecule has 5 heteroatoms. The zero-order chi connectivity index (χ0) is 15.9. The molecule has 0 saturated heterocycles. The van der Waals surface area contributed by atoms with Gasteiger partial charge in [-0.05, 0) is 72.8 Å². The number of aromatic nitrogens is 4. The van der Waals surface area contributed by atoms with E-state index in [0.29, 0.717) is 0 Å². The lowest BCUT2D eigenvalue weighted by Gasteiger charge is -1.85. The molecule has 0 aromatic carbocycles. The highest BCUT2D eigenvalue weighted by atomic mass is 28.1. The first-order valence-electron chi connectivity index (χ1n) is 7.85. The average Bonchev–Trinajstić information content (AvgIpc) is 3.32. The number of hydrogen-bond acceptors (Lipinski definition) is 2. The molecule has 25 heavy (non-hydrogen) atoms. The molecule has 4 radical (unpaired) electrons. The van der Waals surface area contributed by atoms with Crippen molar-refractivity contribution in [3.63, 3.8) is 0 Å². The zero-order valence-corrected chi connectivity index (χ0v) is 14.3. The van der Waals surface area contributed by atoms with Crippen LogP contribution in [0, 0.1) is 0 Å². The number of fused-ring (bicyclic) bond motifs is 8. The molecule has 2 N–H and O–H groups in total. The Bertz CT molecular complexity index is 990. The van der Waals surface area contributed by atoms with Gasteiger partial charge in [0.1, 0.15) is 0 Å². The zero-order valence-electron chi connectivity index (χ0n) is 13.3. The number of H-pyrrole nitrogens is 2. The first-order chi connectivity index (χ1) is 11.8. The van der Waals surface area contributed by atoms with Crippen LogP contribution >= 0.6 is 0 Å². The standard InChI is InChI=1S/C20H14N4.Si/c1-2-14-10-16-5-6-18(23-16)12-20-8-7-19(24-20)11-17-4-3-15(22-17)9-13(1)21-14;/h1-12,21,24H;. The van der Waals surface area contributed by atoms with Crippen LogP contribution in [0.4, 0.5) is 0 Å². The van der Waals surface area contributed by atoms with E-state index in [1.165, 1.54) is 0 Å². The maximum absolute atomic E-state index is 4.63. The predicted octanol–water partition coefficient (Wildman–Crippen LogP) is 4.27. The molecular formula is C20H14N4Si. The highest BCUT2D eigenvalue weighted by molar-refractivity contribution is 5.77. The van der Waals surface area contributed by atoms with Crippen molar-refractivity contribution >= 4 is 57.3 Å². The van der Waals surface area contributed by atoms with E-state index in [1.807, 2.05) is 48.6 Å². The third-order valence-electron chi connectivity index (χ3n) is 4.04. The molecule has 2 aliphatic heterocycles. The minimum Gasteiger partial charge on any atom is -0.355 e. The van der Waals surface area contributed by atoms with E-state index in [-0.39, 0.29) is 11.0 Å². The highest BCUT2D eigenvalue weighted by Crippen LogP contribution is 2.16. The molecule has 0 atom stereocenters. The Balaban J connectivity index is 0.00000157. The number of nitrogens with one attached hydrogen (secondary N) is 2. The fourth-order valence-electron chi connectivity index (χ4n) is 2.94. The summed E-state index contributed by atoms with van der Waals surface area (Å²) in [4.78, 5) is 16.0. The van der Waals surface area contributed by atoms with Crippen molar-refractivity contribution in [2.75, 3.05) is 0 Å². The number of aromatic amines is 2. The van der Waals surface area contributed by atoms with Crippen LogP contribution in [0.25, 0.3) is 46.4 Å². The minimum atomic E-state index is 0. The number of hydrogen-bond donors (Lipinski definition) is 2. The monoisotopic (exact) mass is 338 g/mol. The summed E-state index contributed by atoms with van der Waals surface area (Å²) in [7, 11) is 0. The summed E-state index contributed by atoms with van der Waals surface area (Å²) in [5, 5.41) is 0. The van der Waals surface area contributed by atoms with E-state index in [1.54, 1.807) is 0 Å². The van der Waals surface area contributed by atoms with E-state index in [9.17, 15) is 0 Å². The van der Waals surface area contributed by atoms with E-state index < -0.39 is 0 Å². The van der Waals surface area contributed by atoms with Gasteiger partial charge in [-0.25, -0.2) is 9.97 Å². The molecule has 3 aromatic heterocycles. The summed E-state index contributed by atoms with van der Waals surface area (Å²) in [6.45, 7) is 0. The van der Waals surface area contributed by atoms with Crippen molar-refractivity contribution in [1.82, 2.24) is 19.9 Å². The van der Waals surface area contributed by atoms with Crippen LogP contribution in [0.3, 0.4) is 0 Å². The Morgan fingerprint density at radius 3 is 1.04 bits per heavy atom. The van der Waals surface area contributed by atoms with Crippen LogP contribution in [0.1, 0.15) is 22.8 Å². The van der Waals surface area contributed by atoms with Crippen LogP contribution in [0.2, 0.25) is 0 Å². The molecule has 5 rings (SSSR count). The second-order valence-corrected chi connectivity index (χ2v) is 5.91. The molecule has 3 aromatic rings. The topological polar surface area (TPSA) is 57.4 Å². The van der Waals surface area contributed by atoms with Gasteiger partial charge in [-0.1, -0.05) is 0 Å². The third-order valence-corrected chi connectivity index (χ3v) is 4.04. The second kappa shape index (κ2) is 6.03. The van der Waals surface area contributed by atoms with Crippen molar-refractivity contribution in [3.05, 3.63) is 71.3 Å². The van der Waals surface area contributed by atoms with Crippen LogP contribution in [-0.4, -0.2) is 30.9 Å². The largest absolute Gasteiger partial charge is 0.355 e. The van der Waals surface area contributed by atoms with E-state index in [4.69, 9.17) is 0 Å². The maximum Gasteiger partial charge on any atom is 0.0658 e. The van der Waals surface area contributed by atoms with E-state index in [2.05, 4.69) is 44.2 Å². The molecular weight excluding hydrogens is 324 g/mol. The highest BCUT2D eigenvalue weighted by Gasteiger charge is 2.00. The summed E-state index contributed by atoms with van der Waals surface area (Å²) in [6, 6.07) is 16.4. The summed E-state index contributed by atoms with van der Waals surface area (Å²) < 4.78 is 0. The Kier molecular flexibility index (Phi) is 3.70. The molecule has 0 unspecified atom stereocenters.